The number of carbonyl (C=O) groups excluding carboxylic acids is 1. The second kappa shape index (κ2) is 7.99. The van der Waals surface area contributed by atoms with E-state index >= 15 is 0 Å². The molecule has 1 aliphatic heterocycles. The summed E-state index contributed by atoms with van der Waals surface area (Å²) in [5, 5.41) is 15.6. The number of hydrogen-bond donors (Lipinski definition) is 2. The average Bonchev–Trinajstić information content (AvgIpc) is 2.85. The fraction of sp³-hybridized carbons (Fsp3) is 0.286. The van der Waals surface area contributed by atoms with E-state index in [0.29, 0.717) is 24.0 Å². The van der Waals surface area contributed by atoms with E-state index in [2.05, 4.69) is 15.5 Å². The Labute approximate surface area is 161 Å². The molecular weight excluding hydrogens is 440 g/mol. The second-order valence-electron chi connectivity index (χ2n) is 5.26. The van der Waals surface area contributed by atoms with Crippen LogP contribution in [-0.2, 0) is 21.9 Å². The third kappa shape index (κ3) is 5.38. The molecule has 1 heterocycles. The Bertz CT molecular complexity index is 869. The molecule has 0 bridgehead atoms. The Kier molecular flexibility index (Phi) is 6.28. The van der Waals surface area contributed by atoms with Crippen LogP contribution in [-0.4, -0.2) is 33.6 Å². The van der Waals surface area contributed by atoms with E-state index in [1.54, 1.807) is 0 Å². The van der Waals surface area contributed by atoms with Crippen LogP contribution in [0.5, 0.6) is 0 Å². The monoisotopic (exact) mass is 447 g/mol. The lowest BCUT2D eigenvalue weighted by Crippen LogP contribution is -2.26. The van der Waals surface area contributed by atoms with Crippen molar-refractivity contribution >= 4 is 46.6 Å². The standard InChI is InChI=1S/C14H8ClF6N3O3S/c15-8-2-5(13(16,17)18)1-7(14(19,20)21)6(8)4-22-24-12-23-11(27)9(28-12)3-10(25)26/h1-2,4,9H,3H2,(H,25,26)(H,23,24,27). The first-order valence-electron chi connectivity index (χ1n) is 7.07. The molecule has 1 fully saturated rings. The van der Waals surface area contributed by atoms with Crippen LogP contribution in [0, 0.1) is 0 Å². The number of carbonyl (C=O) groups is 2. The summed E-state index contributed by atoms with van der Waals surface area (Å²) in [6, 6.07) is 0.218. The minimum absolute atomic E-state index is 0.102. The fourth-order valence-electron chi connectivity index (χ4n) is 2.03. The molecule has 2 N–H and O–H groups in total. The van der Waals surface area contributed by atoms with Crippen molar-refractivity contribution < 1.29 is 41.0 Å². The smallest absolute Gasteiger partial charge is 0.417 e. The first-order chi connectivity index (χ1) is 12.8. The number of nitrogens with zero attached hydrogens (tertiary/aromatic N) is 2. The maximum Gasteiger partial charge on any atom is 0.417 e. The van der Waals surface area contributed by atoms with E-state index in [-0.39, 0.29) is 11.2 Å². The van der Waals surface area contributed by atoms with E-state index in [0.717, 1.165) is 0 Å². The van der Waals surface area contributed by atoms with Crippen molar-refractivity contribution in [1.29, 1.82) is 0 Å². The normalized spacial score (nSPS) is 19.5. The Hall–Kier alpha value is -2.28. The number of aliphatic carboxylic acids is 1. The molecule has 1 amide bonds. The van der Waals surface area contributed by atoms with Crippen LogP contribution < -0.4 is 5.32 Å². The van der Waals surface area contributed by atoms with Gasteiger partial charge in [0.1, 0.15) is 5.25 Å². The Balaban J connectivity index is 2.33. The van der Waals surface area contributed by atoms with Gasteiger partial charge in [-0.3, -0.25) is 9.59 Å². The van der Waals surface area contributed by atoms with Gasteiger partial charge in [0, 0.05) is 5.56 Å². The number of rotatable bonds is 4. The highest BCUT2D eigenvalue weighted by Gasteiger charge is 2.39. The number of benzene rings is 1. The fourth-order valence-corrected chi connectivity index (χ4v) is 3.21. The minimum atomic E-state index is -5.15. The van der Waals surface area contributed by atoms with E-state index in [1.807, 2.05) is 0 Å². The van der Waals surface area contributed by atoms with Crippen LogP contribution in [0.1, 0.15) is 23.1 Å². The molecule has 1 aromatic rings. The maximum atomic E-state index is 13.1. The van der Waals surface area contributed by atoms with Gasteiger partial charge in [-0.15, -0.1) is 5.10 Å². The van der Waals surface area contributed by atoms with Crippen molar-refractivity contribution in [2.24, 2.45) is 10.2 Å². The van der Waals surface area contributed by atoms with Gasteiger partial charge < -0.3 is 10.4 Å². The van der Waals surface area contributed by atoms with Gasteiger partial charge in [0.25, 0.3) is 0 Å². The van der Waals surface area contributed by atoms with Gasteiger partial charge in [-0.1, -0.05) is 23.4 Å². The molecule has 28 heavy (non-hydrogen) atoms. The highest BCUT2D eigenvalue weighted by molar-refractivity contribution is 8.15. The van der Waals surface area contributed by atoms with Crippen molar-refractivity contribution in [3.8, 4) is 0 Å². The Morgan fingerprint density at radius 2 is 1.89 bits per heavy atom. The van der Waals surface area contributed by atoms with Gasteiger partial charge >= 0.3 is 18.3 Å². The molecule has 1 aliphatic rings. The minimum Gasteiger partial charge on any atom is -0.481 e. The van der Waals surface area contributed by atoms with E-state index in [9.17, 15) is 35.9 Å². The number of nitrogens with one attached hydrogen (secondary N) is 1. The number of amides is 1. The molecule has 0 spiro atoms. The van der Waals surface area contributed by atoms with Crippen LogP contribution in [0.2, 0.25) is 5.02 Å². The van der Waals surface area contributed by atoms with Gasteiger partial charge in [0.2, 0.25) is 5.91 Å². The summed E-state index contributed by atoms with van der Waals surface area (Å²) in [5.41, 5.74) is -4.09. The van der Waals surface area contributed by atoms with E-state index in [4.69, 9.17) is 16.7 Å². The summed E-state index contributed by atoms with van der Waals surface area (Å²) in [7, 11) is 0. The summed E-state index contributed by atoms with van der Waals surface area (Å²) in [6.07, 6.45) is -10.2. The number of alkyl halides is 6. The van der Waals surface area contributed by atoms with Crippen LogP contribution in [0.15, 0.2) is 22.3 Å². The Morgan fingerprint density at radius 3 is 2.43 bits per heavy atom. The molecule has 152 valence electrons. The largest absolute Gasteiger partial charge is 0.481 e. The number of hydrogen-bond acceptors (Lipinski definition) is 5. The topological polar surface area (TPSA) is 91.1 Å². The molecule has 2 rings (SSSR count). The summed E-state index contributed by atoms with van der Waals surface area (Å²) in [6.45, 7) is 0. The predicted octanol–water partition coefficient (Wildman–Crippen LogP) is 3.77. The zero-order valence-electron chi connectivity index (χ0n) is 13.2. The second-order valence-corrected chi connectivity index (χ2v) is 6.86. The van der Waals surface area contributed by atoms with E-state index in [1.165, 1.54) is 0 Å². The molecule has 1 atom stereocenters. The van der Waals surface area contributed by atoms with Gasteiger partial charge in [-0.05, 0) is 12.1 Å². The highest BCUT2D eigenvalue weighted by Crippen LogP contribution is 2.39. The zero-order valence-corrected chi connectivity index (χ0v) is 14.8. The van der Waals surface area contributed by atoms with Gasteiger partial charge in [0.15, 0.2) is 5.17 Å². The first kappa shape index (κ1) is 22.0. The molecule has 0 radical (unpaired) electrons. The van der Waals surface area contributed by atoms with Gasteiger partial charge in [-0.25, -0.2) is 0 Å². The number of halogens is 7. The molecule has 0 aromatic heterocycles. The molecule has 14 heteroatoms. The molecule has 1 aromatic carbocycles. The summed E-state index contributed by atoms with van der Waals surface area (Å²) in [4.78, 5) is 22.1. The zero-order chi connectivity index (χ0) is 21.3. The van der Waals surface area contributed by atoms with Crippen molar-refractivity contribution in [3.63, 3.8) is 0 Å². The quantitative estimate of drug-likeness (QED) is 0.417. The third-order valence-electron chi connectivity index (χ3n) is 3.23. The molecule has 0 saturated carbocycles. The molecule has 0 aliphatic carbocycles. The maximum absolute atomic E-state index is 13.1. The summed E-state index contributed by atoms with van der Waals surface area (Å²) in [5.74, 6) is -1.92. The third-order valence-corrected chi connectivity index (χ3v) is 4.62. The molecular formula is C14H8ClF6N3O3S. The van der Waals surface area contributed by atoms with Gasteiger partial charge in [0.05, 0.1) is 28.8 Å². The number of carboxylic acids is 1. The van der Waals surface area contributed by atoms with Crippen LogP contribution in [0.3, 0.4) is 0 Å². The van der Waals surface area contributed by atoms with E-state index < -0.39 is 57.6 Å². The number of carboxylic acid groups (broad SMARTS) is 1. The SMILES string of the molecule is O=C(O)CC1SC(=NN=Cc2c(Cl)cc(C(F)(F)F)cc2C(F)(F)F)NC1=O. The molecule has 1 saturated heterocycles. The van der Waals surface area contributed by atoms with Crippen molar-refractivity contribution in [2.45, 2.75) is 24.0 Å². The molecule has 6 nitrogen and oxygen atoms in total. The van der Waals surface area contributed by atoms with Crippen LogP contribution in [0.25, 0.3) is 0 Å². The lowest BCUT2D eigenvalue weighted by molar-refractivity contribution is -0.143. The molecule has 1 unspecified atom stereocenters. The van der Waals surface area contributed by atoms with Gasteiger partial charge in [-0.2, -0.15) is 31.4 Å². The first-order valence-corrected chi connectivity index (χ1v) is 8.33. The number of amidine groups is 1. The van der Waals surface area contributed by atoms with Crippen molar-refractivity contribution in [2.75, 3.05) is 0 Å². The predicted molar refractivity (Wildman–Crippen MR) is 88.3 cm³/mol. The Morgan fingerprint density at radius 1 is 1.25 bits per heavy atom. The van der Waals surface area contributed by atoms with Crippen molar-refractivity contribution in [1.82, 2.24) is 5.32 Å². The van der Waals surface area contributed by atoms with Crippen molar-refractivity contribution in [3.05, 3.63) is 33.8 Å². The highest BCUT2D eigenvalue weighted by atomic mass is 35.5. The van der Waals surface area contributed by atoms with Crippen LogP contribution >= 0.6 is 23.4 Å². The average molecular weight is 448 g/mol. The summed E-state index contributed by atoms with van der Waals surface area (Å²) < 4.78 is 77.5. The summed E-state index contributed by atoms with van der Waals surface area (Å²) >= 11 is 6.26. The lowest BCUT2D eigenvalue weighted by atomic mass is 10.0. The van der Waals surface area contributed by atoms with Crippen LogP contribution in [0.4, 0.5) is 26.3 Å². The lowest BCUT2D eigenvalue weighted by Gasteiger charge is -2.15. The number of thioether (sulfide) groups is 1.